The molecule has 9 nitrogen and oxygen atoms in total. The van der Waals surface area contributed by atoms with Gasteiger partial charge in [0.25, 0.3) is 5.91 Å². The molecule has 1 amide bonds. The molecule has 0 saturated carbocycles. The van der Waals surface area contributed by atoms with Gasteiger partial charge in [-0.2, -0.15) is 0 Å². The first-order valence-corrected chi connectivity index (χ1v) is 14.6. The van der Waals surface area contributed by atoms with Gasteiger partial charge in [-0.25, -0.2) is 0 Å². The number of fused-ring (bicyclic) bond motifs is 1. The summed E-state index contributed by atoms with van der Waals surface area (Å²) in [5, 5.41) is 6.63. The van der Waals surface area contributed by atoms with Crippen molar-refractivity contribution < 1.29 is 9.53 Å². The van der Waals surface area contributed by atoms with Crippen molar-refractivity contribution in [3.63, 3.8) is 0 Å². The summed E-state index contributed by atoms with van der Waals surface area (Å²) < 4.78 is 5.52. The number of benzene rings is 1. The van der Waals surface area contributed by atoms with Crippen LogP contribution in [-0.4, -0.2) is 91.7 Å². The minimum Gasteiger partial charge on any atom is -0.381 e. The smallest absolute Gasteiger partial charge is 0.256 e. The molecule has 2 fully saturated rings. The molecule has 3 aromatic rings. The highest BCUT2D eigenvalue weighted by Crippen LogP contribution is 2.36. The number of amides is 1. The molecule has 1 aromatic carbocycles. The van der Waals surface area contributed by atoms with Crippen LogP contribution in [0.25, 0.3) is 16.7 Å². The zero-order valence-corrected chi connectivity index (χ0v) is 24.0. The van der Waals surface area contributed by atoms with Crippen LogP contribution in [0.3, 0.4) is 0 Å². The van der Waals surface area contributed by atoms with Gasteiger partial charge < -0.3 is 25.2 Å². The Bertz CT molecular complexity index is 1410. The topological polar surface area (TPSA) is 85.9 Å². The van der Waals surface area contributed by atoms with Crippen molar-refractivity contribution in [1.82, 2.24) is 19.8 Å². The second-order valence-corrected chi connectivity index (χ2v) is 11.0. The lowest BCUT2D eigenvalue weighted by atomic mass is 9.90. The van der Waals surface area contributed by atoms with E-state index in [1.807, 2.05) is 24.5 Å². The van der Waals surface area contributed by atoms with Crippen molar-refractivity contribution in [2.75, 3.05) is 81.6 Å². The number of nitrogens with one attached hydrogen (secondary N) is 2. The lowest BCUT2D eigenvalue weighted by molar-refractivity contribution is -0.111. The van der Waals surface area contributed by atoms with Crippen molar-refractivity contribution in [2.45, 2.75) is 19.9 Å². The van der Waals surface area contributed by atoms with E-state index in [1.165, 1.54) is 0 Å². The van der Waals surface area contributed by atoms with Crippen molar-refractivity contribution in [3.8, 4) is 11.1 Å². The van der Waals surface area contributed by atoms with Crippen molar-refractivity contribution in [2.24, 2.45) is 0 Å². The molecule has 0 atom stereocenters. The van der Waals surface area contributed by atoms with Gasteiger partial charge in [-0.05, 0) is 54.9 Å². The molecule has 3 aliphatic heterocycles. The standard InChI is InChI=1S/C32H39N7O2/c1-3-23-19-35-30-7-4-24(25-16-28(21-33-18-25)39-12-14-41-15-13-39)17-29(30)31(23)32(40)36-26-5-6-27(34-20-26)22-38-10-8-37(2)9-11-38/h4-7,16-18,20-21,35H,3,8-15,19,22H2,1-2H3,(H,36,40). The third-order valence-corrected chi connectivity index (χ3v) is 8.29. The number of piperazine rings is 1. The number of anilines is 3. The highest BCUT2D eigenvalue weighted by molar-refractivity contribution is 6.28. The van der Waals surface area contributed by atoms with E-state index in [1.54, 1.807) is 6.20 Å². The average molecular weight is 554 g/mol. The van der Waals surface area contributed by atoms with Gasteiger partial charge in [-0.3, -0.25) is 19.7 Å². The third-order valence-electron chi connectivity index (χ3n) is 8.29. The molecular weight excluding hydrogens is 514 g/mol. The Kier molecular flexibility index (Phi) is 8.27. The molecular formula is C32H39N7O2. The number of rotatable bonds is 7. The van der Waals surface area contributed by atoms with Crippen LogP contribution in [0.4, 0.5) is 17.1 Å². The van der Waals surface area contributed by atoms with Crippen LogP contribution < -0.4 is 15.5 Å². The molecule has 2 aromatic heterocycles. The molecule has 0 aliphatic carbocycles. The Morgan fingerprint density at radius 2 is 1.80 bits per heavy atom. The molecule has 5 heterocycles. The summed E-state index contributed by atoms with van der Waals surface area (Å²) in [7, 11) is 2.16. The van der Waals surface area contributed by atoms with Gasteiger partial charge in [-0.15, -0.1) is 0 Å². The van der Waals surface area contributed by atoms with Crippen LogP contribution in [-0.2, 0) is 16.1 Å². The zero-order chi connectivity index (χ0) is 28.2. The largest absolute Gasteiger partial charge is 0.381 e. The fourth-order valence-electron chi connectivity index (χ4n) is 5.75. The van der Waals surface area contributed by atoms with Crippen molar-refractivity contribution >= 4 is 28.5 Å². The molecule has 0 radical (unpaired) electrons. The normalized spacial score (nSPS) is 18.1. The number of hydrogen-bond donors (Lipinski definition) is 2. The summed E-state index contributed by atoms with van der Waals surface area (Å²) in [4.78, 5) is 30.0. The lowest BCUT2D eigenvalue weighted by Gasteiger charge is -2.32. The SMILES string of the molecule is CCC1=C(C(=O)Nc2ccc(CN3CCN(C)CC3)nc2)c2cc(-c3cncc(N4CCOCC4)c3)ccc2NC1. The van der Waals surface area contributed by atoms with E-state index >= 15 is 0 Å². The summed E-state index contributed by atoms with van der Waals surface area (Å²) in [6.45, 7) is 11.0. The fourth-order valence-corrected chi connectivity index (χ4v) is 5.75. The fraction of sp³-hybridized carbons (Fsp3) is 0.406. The molecule has 214 valence electrons. The monoisotopic (exact) mass is 553 g/mol. The van der Waals surface area contributed by atoms with Crippen molar-refractivity contribution in [3.05, 3.63) is 71.8 Å². The number of ether oxygens (including phenoxy) is 1. The first-order valence-electron chi connectivity index (χ1n) is 14.6. The molecule has 9 heteroatoms. The van der Waals surface area contributed by atoms with Gasteiger partial charge in [0.15, 0.2) is 0 Å². The van der Waals surface area contributed by atoms with Crippen molar-refractivity contribution in [1.29, 1.82) is 0 Å². The predicted octanol–water partition coefficient (Wildman–Crippen LogP) is 3.96. The van der Waals surface area contributed by atoms with E-state index in [9.17, 15) is 4.79 Å². The first kappa shape index (κ1) is 27.4. The summed E-state index contributed by atoms with van der Waals surface area (Å²) in [6, 6.07) is 12.4. The summed E-state index contributed by atoms with van der Waals surface area (Å²) in [5.74, 6) is -0.101. The zero-order valence-electron chi connectivity index (χ0n) is 24.0. The van der Waals surface area contributed by atoms with Gasteiger partial charge in [0.1, 0.15) is 0 Å². The predicted molar refractivity (Wildman–Crippen MR) is 164 cm³/mol. The molecule has 2 saturated heterocycles. The van der Waals surface area contributed by atoms with Gasteiger partial charge in [-0.1, -0.05) is 13.0 Å². The van der Waals surface area contributed by atoms with Gasteiger partial charge in [0.2, 0.25) is 0 Å². The summed E-state index contributed by atoms with van der Waals surface area (Å²) in [5.41, 5.74) is 8.59. The minimum atomic E-state index is -0.101. The maximum Gasteiger partial charge on any atom is 0.256 e. The number of likely N-dealkylation sites (N-methyl/N-ethyl adjacent to an activating group) is 1. The summed E-state index contributed by atoms with van der Waals surface area (Å²) in [6.07, 6.45) is 6.36. The number of hydrogen-bond acceptors (Lipinski definition) is 8. The van der Waals surface area contributed by atoms with E-state index < -0.39 is 0 Å². The van der Waals surface area contributed by atoms with Gasteiger partial charge >= 0.3 is 0 Å². The van der Waals surface area contributed by atoms with E-state index in [-0.39, 0.29) is 5.91 Å². The molecule has 6 rings (SSSR count). The summed E-state index contributed by atoms with van der Waals surface area (Å²) >= 11 is 0. The van der Waals surface area contributed by atoms with Crippen LogP contribution in [0.1, 0.15) is 24.6 Å². The molecule has 0 bridgehead atoms. The molecule has 3 aliphatic rings. The average Bonchev–Trinajstić information content (AvgIpc) is 3.02. The second kappa shape index (κ2) is 12.4. The quantitative estimate of drug-likeness (QED) is 0.455. The molecule has 2 N–H and O–H groups in total. The number of carbonyl (C=O) groups is 1. The maximum atomic E-state index is 13.8. The molecule has 0 spiro atoms. The Hall–Kier alpha value is -3.79. The number of nitrogens with zero attached hydrogens (tertiary/aromatic N) is 5. The first-order chi connectivity index (χ1) is 20.1. The number of carbonyl (C=O) groups excluding carboxylic acids is 1. The van der Waals surface area contributed by atoms with Crippen LogP contribution in [0, 0.1) is 0 Å². The van der Waals surface area contributed by atoms with E-state index in [2.05, 4.69) is 73.5 Å². The molecule has 0 unspecified atom stereocenters. The third kappa shape index (κ3) is 6.27. The van der Waals surface area contributed by atoms with Crippen LogP contribution in [0.2, 0.25) is 0 Å². The Balaban J connectivity index is 1.21. The number of morpholine rings is 1. The lowest BCUT2D eigenvalue weighted by Crippen LogP contribution is -2.43. The van der Waals surface area contributed by atoms with Gasteiger partial charge in [0.05, 0.1) is 42.7 Å². The van der Waals surface area contributed by atoms with Crippen LogP contribution in [0.5, 0.6) is 0 Å². The van der Waals surface area contributed by atoms with Gasteiger partial charge in [0, 0.05) is 80.9 Å². The second-order valence-electron chi connectivity index (χ2n) is 11.0. The number of aromatic nitrogens is 2. The maximum absolute atomic E-state index is 13.8. The minimum absolute atomic E-state index is 0.101. The van der Waals surface area contributed by atoms with Crippen LogP contribution >= 0.6 is 0 Å². The van der Waals surface area contributed by atoms with Crippen LogP contribution in [0.15, 0.2) is 60.6 Å². The number of pyridine rings is 2. The Morgan fingerprint density at radius 1 is 0.976 bits per heavy atom. The Morgan fingerprint density at radius 3 is 2.56 bits per heavy atom. The van der Waals surface area contributed by atoms with E-state index in [0.29, 0.717) is 12.2 Å². The van der Waals surface area contributed by atoms with E-state index in [4.69, 9.17) is 4.74 Å². The Labute approximate surface area is 242 Å². The van der Waals surface area contributed by atoms with E-state index in [0.717, 1.165) is 110 Å². The highest BCUT2D eigenvalue weighted by atomic mass is 16.5. The highest BCUT2D eigenvalue weighted by Gasteiger charge is 2.25. The molecule has 41 heavy (non-hydrogen) atoms.